The lowest BCUT2D eigenvalue weighted by Crippen LogP contribution is -2.15. The van der Waals surface area contributed by atoms with Crippen LogP contribution in [-0.2, 0) is 18.6 Å². The molecule has 0 fully saturated rings. The summed E-state index contributed by atoms with van der Waals surface area (Å²) < 4.78 is 19.8. The lowest BCUT2D eigenvalue weighted by atomic mass is 10.1. The van der Waals surface area contributed by atoms with Crippen LogP contribution in [0.2, 0.25) is 0 Å². The minimum atomic E-state index is -4.58. The molecule has 0 aliphatic rings. The molecule has 28 heavy (non-hydrogen) atoms. The van der Waals surface area contributed by atoms with Crippen LogP contribution in [0.5, 0.6) is 0 Å². The fourth-order valence-electron chi connectivity index (χ4n) is 2.84. The molecule has 7 heteroatoms. The van der Waals surface area contributed by atoms with Crippen molar-refractivity contribution in [2.75, 3.05) is 19.8 Å². The molecule has 0 amide bonds. The maximum Gasteiger partial charge on any atom is 0.470 e. The largest absolute Gasteiger partial charge is 0.470 e. The van der Waals surface area contributed by atoms with E-state index in [1.54, 1.807) is 0 Å². The van der Waals surface area contributed by atoms with Crippen molar-refractivity contribution in [2.45, 2.75) is 96.8 Å². The first-order valence-electron chi connectivity index (χ1n) is 10.9. The highest BCUT2D eigenvalue weighted by Crippen LogP contribution is 2.35. The molecule has 2 N–H and O–H groups in total. The van der Waals surface area contributed by atoms with Gasteiger partial charge in [0.05, 0.1) is 0 Å². The van der Waals surface area contributed by atoms with Gasteiger partial charge in [0.1, 0.15) is 13.2 Å². The van der Waals surface area contributed by atoms with Crippen LogP contribution in [0.4, 0.5) is 0 Å². The quantitative estimate of drug-likeness (QED) is 0.140. The Hall–Kier alpha value is -0.520. The zero-order chi connectivity index (χ0) is 20.9. The summed E-state index contributed by atoms with van der Waals surface area (Å²) in [6.07, 6.45) is 22.1. The number of unbranched alkanes of at least 4 members (excludes halogenated alkanes) is 12. The molecule has 166 valence electrons. The molecule has 0 unspecified atom stereocenters. The van der Waals surface area contributed by atoms with E-state index in [1.165, 1.54) is 77.0 Å². The summed E-state index contributed by atoms with van der Waals surface area (Å²) in [5, 5.41) is 0. The van der Waals surface area contributed by atoms with E-state index < -0.39 is 20.2 Å². The second-order valence-electron chi connectivity index (χ2n) is 7.29. The average molecular weight is 421 g/mol. The molecule has 0 atom stereocenters. The molecule has 0 rings (SSSR count). The second-order valence-corrected chi connectivity index (χ2v) is 8.53. The van der Waals surface area contributed by atoms with E-state index in [4.69, 9.17) is 14.5 Å². The number of phosphoric ester groups is 1. The highest BCUT2D eigenvalue weighted by Gasteiger charge is 2.16. The number of carbonyl (C=O) groups excluding carboxylic acids is 1. The zero-order valence-corrected chi connectivity index (χ0v) is 18.5. The molecule has 0 bridgehead atoms. The Bertz CT molecular complexity index is 433. The van der Waals surface area contributed by atoms with Crippen LogP contribution >= 0.6 is 7.82 Å². The van der Waals surface area contributed by atoms with Gasteiger partial charge in [0.2, 0.25) is 0 Å². The van der Waals surface area contributed by atoms with E-state index >= 15 is 0 Å². The van der Waals surface area contributed by atoms with Crippen LogP contribution in [-0.4, -0.2) is 35.4 Å². The summed E-state index contributed by atoms with van der Waals surface area (Å²) in [4.78, 5) is 28.2. The first-order chi connectivity index (χ1) is 13.5. The number of allylic oxidation sites excluding steroid dienone is 2. The third-order valence-corrected chi connectivity index (χ3v) is 4.92. The van der Waals surface area contributed by atoms with Gasteiger partial charge in [0.25, 0.3) is 0 Å². The molecule has 0 heterocycles. The molecule has 0 aliphatic carbocycles. The minimum Gasteiger partial charge on any atom is -0.374 e. The number of Topliss-reactive ketones (excluding diaryl/α,β-unsaturated/α-hetero) is 1. The predicted octanol–water partition coefficient (Wildman–Crippen LogP) is 5.72. The van der Waals surface area contributed by atoms with Crippen LogP contribution in [0.15, 0.2) is 12.2 Å². The summed E-state index contributed by atoms with van der Waals surface area (Å²) in [5.74, 6) is -0.465. The molecule has 0 radical (unpaired) electrons. The highest BCUT2D eigenvalue weighted by molar-refractivity contribution is 7.46. The van der Waals surface area contributed by atoms with Crippen LogP contribution in [0.3, 0.4) is 0 Å². The third kappa shape index (κ3) is 23.5. The van der Waals surface area contributed by atoms with E-state index in [1.807, 2.05) is 0 Å². The molecular weight excluding hydrogens is 379 g/mol. The van der Waals surface area contributed by atoms with E-state index in [9.17, 15) is 9.36 Å². The fraction of sp³-hybridized carbons (Fsp3) is 0.857. The molecule has 0 aromatic carbocycles. The lowest BCUT2D eigenvalue weighted by molar-refractivity contribution is -0.126. The van der Waals surface area contributed by atoms with E-state index in [0.717, 1.165) is 12.8 Å². The number of ketones is 1. The van der Waals surface area contributed by atoms with Gasteiger partial charge in [-0.2, -0.15) is 0 Å². The van der Waals surface area contributed by atoms with Gasteiger partial charge < -0.3 is 14.5 Å². The number of carbonyl (C=O) groups is 1. The van der Waals surface area contributed by atoms with E-state index in [0.29, 0.717) is 6.61 Å². The molecule has 0 saturated carbocycles. The van der Waals surface area contributed by atoms with Crippen molar-refractivity contribution in [3.05, 3.63) is 12.2 Å². The lowest BCUT2D eigenvalue weighted by Gasteiger charge is -2.05. The van der Waals surface area contributed by atoms with Gasteiger partial charge >= 0.3 is 7.82 Å². The van der Waals surface area contributed by atoms with Gasteiger partial charge in [-0.25, -0.2) is 4.57 Å². The Kier molecular flexibility index (Phi) is 19.4. The second kappa shape index (κ2) is 19.8. The summed E-state index contributed by atoms with van der Waals surface area (Å²) in [7, 11) is -4.58. The maximum atomic E-state index is 11.3. The number of phosphoric acid groups is 1. The van der Waals surface area contributed by atoms with Gasteiger partial charge in [-0.1, -0.05) is 76.9 Å². The minimum absolute atomic E-state index is 0.162. The van der Waals surface area contributed by atoms with Gasteiger partial charge in [0, 0.05) is 6.61 Å². The first kappa shape index (κ1) is 27.5. The van der Waals surface area contributed by atoms with E-state index in [-0.39, 0.29) is 6.61 Å². The van der Waals surface area contributed by atoms with Crippen molar-refractivity contribution in [1.82, 2.24) is 0 Å². The van der Waals surface area contributed by atoms with Gasteiger partial charge in [-0.15, -0.1) is 0 Å². The average Bonchev–Trinajstić information content (AvgIpc) is 2.65. The van der Waals surface area contributed by atoms with Crippen molar-refractivity contribution in [3.63, 3.8) is 0 Å². The van der Waals surface area contributed by atoms with Gasteiger partial charge in [-0.3, -0.25) is 9.32 Å². The van der Waals surface area contributed by atoms with Crippen molar-refractivity contribution in [2.24, 2.45) is 0 Å². The molecule has 0 spiro atoms. The SMILES string of the molecule is CCCCCCCC/C=C\CCCCCCCCOCC(=O)COP(=O)(O)O. The monoisotopic (exact) mass is 420 g/mol. The van der Waals surface area contributed by atoms with Crippen molar-refractivity contribution < 1.29 is 28.4 Å². The van der Waals surface area contributed by atoms with Crippen molar-refractivity contribution in [1.29, 1.82) is 0 Å². The topological polar surface area (TPSA) is 93.1 Å². The van der Waals surface area contributed by atoms with Crippen LogP contribution < -0.4 is 0 Å². The van der Waals surface area contributed by atoms with Crippen molar-refractivity contribution >= 4 is 13.6 Å². The third-order valence-electron chi connectivity index (χ3n) is 4.46. The summed E-state index contributed by atoms with van der Waals surface area (Å²) in [6.45, 7) is 1.97. The summed E-state index contributed by atoms with van der Waals surface area (Å²) >= 11 is 0. The molecule has 0 aromatic heterocycles. The highest BCUT2D eigenvalue weighted by atomic mass is 31.2. The Morgan fingerprint density at radius 2 is 1.29 bits per heavy atom. The van der Waals surface area contributed by atoms with Crippen LogP contribution in [0.25, 0.3) is 0 Å². The van der Waals surface area contributed by atoms with Gasteiger partial charge in [0.15, 0.2) is 5.78 Å². The Balaban J connectivity index is 3.22. The smallest absolute Gasteiger partial charge is 0.374 e. The molecule has 0 saturated heterocycles. The number of hydrogen-bond acceptors (Lipinski definition) is 4. The zero-order valence-electron chi connectivity index (χ0n) is 17.7. The number of rotatable bonds is 21. The normalized spacial score (nSPS) is 12.1. The Morgan fingerprint density at radius 1 is 0.786 bits per heavy atom. The molecule has 6 nitrogen and oxygen atoms in total. The predicted molar refractivity (Wildman–Crippen MR) is 113 cm³/mol. The van der Waals surface area contributed by atoms with Gasteiger partial charge in [-0.05, 0) is 32.1 Å². The summed E-state index contributed by atoms with van der Waals surface area (Å²) in [6, 6.07) is 0. The van der Waals surface area contributed by atoms with Crippen LogP contribution in [0, 0.1) is 0 Å². The van der Waals surface area contributed by atoms with E-state index in [2.05, 4.69) is 23.6 Å². The first-order valence-corrected chi connectivity index (χ1v) is 12.4. The summed E-state index contributed by atoms with van der Waals surface area (Å²) in [5.41, 5.74) is 0. The fourth-order valence-corrected chi connectivity index (χ4v) is 3.15. The Morgan fingerprint density at radius 3 is 1.82 bits per heavy atom. The number of ether oxygens (including phenoxy) is 1. The molecule has 0 aromatic rings. The number of hydrogen-bond donors (Lipinski definition) is 2. The van der Waals surface area contributed by atoms with Crippen molar-refractivity contribution in [3.8, 4) is 0 Å². The molecular formula is C21H41O6P. The maximum absolute atomic E-state index is 11.3. The standard InChI is InChI=1S/C21H41O6P/c1-2-3-4-5-6-7-8-9-10-11-12-13-14-15-16-17-18-26-19-21(22)20-27-28(23,24)25/h9-10H,2-8,11-20H2,1H3,(H2,23,24,25)/b10-9-. The molecule has 0 aliphatic heterocycles. The Labute approximate surface area is 171 Å². The van der Waals surface area contributed by atoms with Crippen LogP contribution in [0.1, 0.15) is 96.8 Å².